The standard InChI is InChI=1S/C18H19FN2O3/c1-24-16-4-2-3-12-9-14(6-7-15(12)16)20-17(22)11-21-10-13(19)5-8-18(21)23/h2-5,8,10,14H,6-7,9,11H2,1H3,(H,20,22). The predicted molar refractivity (Wildman–Crippen MR) is 87.6 cm³/mol. The zero-order valence-corrected chi connectivity index (χ0v) is 13.4. The minimum Gasteiger partial charge on any atom is -0.496 e. The van der Waals surface area contributed by atoms with E-state index in [0.29, 0.717) is 0 Å². The van der Waals surface area contributed by atoms with Crippen LogP contribution in [0, 0.1) is 5.82 Å². The van der Waals surface area contributed by atoms with E-state index >= 15 is 0 Å². The van der Waals surface area contributed by atoms with Crippen molar-refractivity contribution in [3.05, 3.63) is 63.8 Å². The monoisotopic (exact) mass is 330 g/mol. The molecule has 3 rings (SSSR count). The molecule has 1 unspecified atom stereocenters. The molecule has 0 aliphatic heterocycles. The van der Waals surface area contributed by atoms with Gasteiger partial charge in [0.05, 0.1) is 7.11 Å². The summed E-state index contributed by atoms with van der Waals surface area (Å²) in [5.74, 6) is 0.0451. The van der Waals surface area contributed by atoms with Gasteiger partial charge in [-0.2, -0.15) is 0 Å². The van der Waals surface area contributed by atoms with Gasteiger partial charge in [-0.05, 0) is 42.5 Å². The van der Waals surface area contributed by atoms with Crippen LogP contribution in [-0.4, -0.2) is 23.6 Å². The van der Waals surface area contributed by atoms with Gasteiger partial charge >= 0.3 is 0 Å². The lowest BCUT2D eigenvalue weighted by atomic mass is 9.87. The summed E-state index contributed by atoms with van der Waals surface area (Å²) in [6.45, 7) is -0.182. The minimum atomic E-state index is -0.541. The molecule has 1 aliphatic carbocycles. The van der Waals surface area contributed by atoms with E-state index in [2.05, 4.69) is 5.32 Å². The second-order valence-electron chi connectivity index (χ2n) is 5.92. The third-order valence-electron chi connectivity index (χ3n) is 4.29. The Hall–Kier alpha value is -2.63. The number of carbonyl (C=O) groups is 1. The lowest BCUT2D eigenvalue weighted by Crippen LogP contribution is -2.41. The largest absolute Gasteiger partial charge is 0.496 e. The molecular weight excluding hydrogens is 311 g/mol. The molecule has 126 valence electrons. The Balaban J connectivity index is 1.65. The van der Waals surface area contributed by atoms with E-state index in [0.717, 1.165) is 53.5 Å². The van der Waals surface area contributed by atoms with E-state index in [9.17, 15) is 14.0 Å². The molecule has 5 nitrogen and oxygen atoms in total. The number of pyridine rings is 1. The normalized spacial score (nSPS) is 16.3. The molecule has 1 amide bonds. The molecular formula is C18H19FN2O3. The van der Waals surface area contributed by atoms with Gasteiger partial charge in [0.1, 0.15) is 18.1 Å². The highest BCUT2D eigenvalue weighted by Gasteiger charge is 2.22. The van der Waals surface area contributed by atoms with Gasteiger partial charge in [0.15, 0.2) is 0 Å². The molecule has 1 N–H and O–H groups in total. The molecule has 1 aliphatic rings. The van der Waals surface area contributed by atoms with Crippen LogP contribution in [0.4, 0.5) is 4.39 Å². The van der Waals surface area contributed by atoms with Crippen LogP contribution >= 0.6 is 0 Å². The molecule has 1 aromatic carbocycles. The van der Waals surface area contributed by atoms with E-state index in [1.54, 1.807) is 7.11 Å². The van der Waals surface area contributed by atoms with Crippen molar-refractivity contribution >= 4 is 5.91 Å². The topological polar surface area (TPSA) is 60.3 Å². The maximum atomic E-state index is 13.2. The molecule has 2 aromatic rings. The fraction of sp³-hybridized carbons (Fsp3) is 0.333. The molecule has 0 saturated carbocycles. The summed E-state index contributed by atoms with van der Waals surface area (Å²) in [7, 11) is 1.65. The SMILES string of the molecule is COc1cccc2c1CCC(NC(=O)Cn1cc(F)ccc1=O)C2. The van der Waals surface area contributed by atoms with Gasteiger partial charge in [0.2, 0.25) is 5.91 Å². The Morgan fingerprint density at radius 2 is 2.21 bits per heavy atom. The number of carbonyl (C=O) groups excluding carboxylic acids is 1. The third kappa shape index (κ3) is 3.48. The number of rotatable bonds is 4. The van der Waals surface area contributed by atoms with Crippen LogP contribution in [0.15, 0.2) is 41.3 Å². The zero-order chi connectivity index (χ0) is 17.1. The molecule has 0 radical (unpaired) electrons. The Morgan fingerprint density at radius 1 is 1.38 bits per heavy atom. The van der Waals surface area contributed by atoms with Crippen molar-refractivity contribution in [3.63, 3.8) is 0 Å². The number of nitrogens with zero attached hydrogens (tertiary/aromatic N) is 1. The maximum absolute atomic E-state index is 13.2. The van der Waals surface area contributed by atoms with E-state index in [1.807, 2.05) is 18.2 Å². The summed E-state index contributed by atoms with van der Waals surface area (Å²) in [5.41, 5.74) is 1.95. The van der Waals surface area contributed by atoms with Crippen LogP contribution in [0.1, 0.15) is 17.5 Å². The molecule has 0 spiro atoms. The Bertz CT molecular complexity index is 816. The molecule has 0 fully saturated rings. The number of fused-ring (bicyclic) bond motifs is 1. The van der Waals surface area contributed by atoms with Gasteiger partial charge < -0.3 is 14.6 Å². The average molecular weight is 330 g/mol. The first-order chi connectivity index (χ1) is 11.6. The fourth-order valence-electron chi connectivity index (χ4n) is 3.14. The van der Waals surface area contributed by atoms with Crippen molar-refractivity contribution in [2.45, 2.75) is 31.8 Å². The second-order valence-corrected chi connectivity index (χ2v) is 5.92. The number of ether oxygens (including phenoxy) is 1. The number of methoxy groups -OCH3 is 1. The van der Waals surface area contributed by atoms with E-state index < -0.39 is 11.4 Å². The molecule has 0 saturated heterocycles. The number of hydrogen-bond donors (Lipinski definition) is 1. The van der Waals surface area contributed by atoms with Gasteiger partial charge in [-0.1, -0.05) is 12.1 Å². The summed E-state index contributed by atoms with van der Waals surface area (Å²) in [4.78, 5) is 23.8. The molecule has 1 atom stereocenters. The quantitative estimate of drug-likeness (QED) is 0.928. The van der Waals surface area contributed by atoms with Crippen molar-refractivity contribution in [3.8, 4) is 5.75 Å². The minimum absolute atomic E-state index is 0.00127. The van der Waals surface area contributed by atoms with Crippen molar-refractivity contribution < 1.29 is 13.9 Å². The third-order valence-corrected chi connectivity index (χ3v) is 4.29. The summed E-state index contributed by atoms with van der Waals surface area (Å²) < 4.78 is 19.6. The number of hydrogen-bond acceptors (Lipinski definition) is 3. The molecule has 1 heterocycles. The lowest BCUT2D eigenvalue weighted by molar-refractivity contribution is -0.122. The van der Waals surface area contributed by atoms with E-state index in [-0.39, 0.29) is 18.5 Å². The van der Waals surface area contributed by atoms with E-state index in [4.69, 9.17) is 4.74 Å². The van der Waals surface area contributed by atoms with Gasteiger partial charge in [0, 0.05) is 18.3 Å². The van der Waals surface area contributed by atoms with Crippen LogP contribution < -0.4 is 15.6 Å². The van der Waals surface area contributed by atoms with Crippen molar-refractivity contribution in [2.24, 2.45) is 0 Å². The molecule has 0 bridgehead atoms. The molecule has 6 heteroatoms. The predicted octanol–water partition coefficient (Wildman–Crippen LogP) is 1.67. The second kappa shape index (κ2) is 6.86. The van der Waals surface area contributed by atoms with Crippen LogP contribution in [0.3, 0.4) is 0 Å². The highest BCUT2D eigenvalue weighted by molar-refractivity contribution is 5.76. The highest BCUT2D eigenvalue weighted by Crippen LogP contribution is 2.29. The molecule has 1 aromatic heterocycles. The van der Waals surface area contributed by atoms with Gasteiger partial charge in [-0.25, -0.2) is 4.39 Å². The maximum Gasteiger partial charge on any atom is 0.251 e. The Morgan fingerprint density at radius 3 is 3.00 bits per heavy atom. The van der Waals surface area contributed by atoms with Crippen LogP contribution in [0.25, 0.3) is 0 Å². The van der Waals surface area contributed by atoms with Gasteiger partial charge in [-0.15, -0.1) is 0 Å². The van der Waals surface area contributed by atoms with Crippen LogP contribution in [-0.2, 0) is 24.2 Å². The highest BCUT2D eigenvalue weighted by atomic mass is 19.1. The summed E-state index contributed by atoms with van der Waals surface area (Å²) in [5, 5.41) is 2.93. The number of aromatic nitrogens is 1. The van der Waals surface area contributed by atoms with E-state index in [1.165, 1.54) is 5.56 Å². The number of amides is 1. The zero-order valence-electron chi connectivity index (χ0n) is 13.4. The van der Waals surface area contributed by atoms with Crippen molar-refractivity contribution in [1.29, 1.82) is 0 Å². The first-order valence-corrected chi connectivity index (χ1v) is 7.87. The van der Waals surface area contributed by atoms with Crippen LogP contribution in [0.2, 0.25) is 0 Å². The Kier molecular flexibility index (Phi) is 4.64. The number of halogens is 1. The first-order valence-electron chi connectivity index (χ1n) is 7.87. The average Bonchev–Trinajstić information content (AvgIpc) is 2.57. The summed E-state index contributed by atoms with van der Waals surface area (Å²) in [6.07, 6.45) is 3.39. The van der Waals surface area contributed by atoms with Crippen molar-refractivity contribution in [2.75, 3.05) is 7.11 Å². The number of nitrogens with one attached hydrogen (secondary N) is 1. The van der Waals surface area contributed by atoms with Gasteiger partial charge in [-0.3, -0.25) is 9.59 Å². The van der Waals surface area contributed by atoms with Crippen molar-refractivity contribution in [1.82, 2.24) is 9.88 Å². The fourth-order valence-corrected chi connectivity index (χ4v) is 3.14. The van der Waals surface area contributed by atoms with Crippen LogP contribution in [0.5, 0.6) is 5.75 Å². The lowest BCUT2D eigenvalue weighted by Gasteiger charge is -2.26. The summed E-state index contributed by atoms with van der Waals surface area (Å²) in [6, 6.07) is 8.12. The van der Waals surface area contributed by atoms with Gasteiger partial charge in [0.25, 0.3) is 5.56 Å². The smallest absolute Gasteiger partial charge is 0.251 e. The molecule has 24 heavy (non-hydrogen) atoms. The Labute approximate surface area is 139 Å². The summed E-state index contributed by atoms with van der Waals surface area (Å²) >= 11 is 0. The number of benzene rings is 1. The first kappa shape index (κ1) is 16.2.